The Labute approximate surface area is 110 Å². The maximum Gasteiger partial charge on any atom is 0.147 e. The van der Waals surface area contributed by atoms with Crippen molar-refractivity contribution in [2.75, 3.05) is 7.11 Å². The number of ether oxygens (including phenoxy) is 1. The minimum atomic E-state index is -1.11. The molecule has 0 aliphatic rings. The van der Waals surface area contributed by atoms with E-state index in [4.69, 9.17) is 16.3 Å². The van der Waals surface area contributed by atoms with Crippen LogP contribution in [0.1, 0.15) is 17.2 Å². The number of hydrogen-bond donors (Lipinski definition) is 1. The van der Waals surface area contributed by atoms with E-state index in [1.54, 1.807) is 30.3 Å². The topological polar surface area (TPSA) is 29.5 Å². The molecule has 0 heterocycles. The third-order valence-corrected chi connectivity index (χ3v) is 3.00. The van der Waals surface area contributed by atoms with E-state index in [2.05, 4.69) is 0 Å². The molecule has 0 bridgehead atoms. The van der Waals surface area contributed by atoms with Crippen LogP contribution in [0.4, 0.5) is 4.39 Å². The Hall–Kier alpha value is -1.58. The summed E-state index contributed by atoms with van der Waals surface area (Å²) in [6, 6.07) is 11.5. The molecule has 0 spiro atoms. The van der Waals surface area contributed by atoms with E-state index in [-0.39, 0.29) is 10.6 Å². The molecule has 1 N–H and O–H groups in total. The predicted molar refractivity (Wildman–Crippen MR) is 68.5 cm³/mol. The largest absolute Gasteiger partial charge is 0.496 e. The van der Waals surface area contributed by atoms with Crippen LogP contribution in [0.25, 0.3) is 0 Å². The Morgan fingerprint density at radius 1 is 1.11 bits per heavy atom. The number of para-hydroxylation sites is 1. The summed E-state index contributed by atoms with van der Waals surface area (Å²) in [7, 11) is 1.50. The van der Waals surface area contributed by atoms with Gasteiger partial charge in [-0.1, -0.05) is 41.9 Å². The first-order valence-corrected chi connectivity index (χ1v) is 5.78. The summed E-state index contributed by atoms with van der Waals surface area (Å²) in [6.07, 6.45) is -1.11. The molecule has 94 valence electrons. The van der Waals surface area contributed by atoms with Gasteiger partial charge in [-0.2, -0.15) is 0 Å². The average Bonchev–Trinajstić information content (AvgIpc) is 2.41. The lowest BCUT2D eigenvalue weighted by Crippen LogP contribution is -2.04. The summed E-state index contributed by atoms with van der Waals surface area (Å²) in [5, 5.41) is 10.2. The maximum atomic E-state index is 13.8. The predicted octanol–water partition coefficient (Wildman–Crippen LogP) is 3.57. The van der Waals surface area contributed by atoms with Crippen LogP contribution in [-0.2, 0) is 0 Å². The Balaban J connectivity index is 2.48. The molecule has 18 heavy (non-hydrogen) atoms. The lowest BCUT2D eigenvalue weighted by Gasteiger charge is -2.16. The summed E-state index contributed by atoms with van der Waals surface area (Å²) in [4.78, 5) is 0. The highest BCUT2D eigenvalue weighted by Crippen LogP contribution is 2.32. The van der Waals surface area contributed by atoms with Gasteiger partial charge in [0.2, 0.25) is 0 Å². The van der Waals surface area contributed by atoms with Crippen molar-refractivity contribution in [2.24, 2.45) is 0 Å². The third kappa shape index (κ3) is 2.33. The van der Waals surface area contributed by atoms with E-state index in [0.29, 0.717) is 11.3 Å². The van der Waals surface area contributed by atoms with Gasteiger partial charge >= 0.3 is 0 Å². The zero-order chi connectivity index (χ0) is 13.1. The molecule has 0 saturated carbocycles. The zero-order valence-corrected chi connectivity index (χ0v) is 10.5. The molecule has 2 aromatic carbocycles. The monoisotopic (exact) mass is 266 g/mol. The molecule has 0 aliphatic heterocycles. The quantitative estimate of drug-likeness (QED) is 0.920. The van der Waals surface area contributed by atoms with Crippen LogP contribution in [0.2, 0.25) is 5.02 Å². The number of aliphatic hydroxyl groups is 1. The fourth-order valence-electron chi connectivity index (χ4n) is 1.79. The van der Waals surface area contributed by atoms with Crippen molar-refractivity contribution >= 4 is 11.6 Å². The summed E-state index contributed by atoms with van der Waals surface area (Å²) in [6.45, 7) is 0. The molecule has 2 rings (SSSR count). The van der Waals surface area contributed by atoms with Crippen molar-refractivity contribution in [2.45, 2.75) is 6.10 Å². The summed E-state index contributed by atoms with van der Waals surface area (Å²) in [5.41, 5.74) is 0.633. The van der Waals surface area contributed by atoms with Crippen molar-refractivity contribution in [3.8, 4) is 5.75 Å². The lowest BCUT2D eigenvalue weighted by molar-refractivity contribution is 0.209. The standard InChI is InChI=1S/C14H12ClFO2/c1-18-12-8-3-2-5-9(12)14(17)10-6-4-7-11(15)13(10)16/h2-8,14,17H,1H3. The molecule has 0 fully saturated rings. The average molecular weight is 267 g/mol. The van der Waals surface area contributed by atoms with Crippen molar-refractivity contribution in [3.63, 3.8) is 0 Å². The number of rotatable bonds is 3. The minimum Gasteiger partial charge on any atom is -0.496 e. The van der Waals surface area contributed by atoms with Crippen molar-refractivity contribution in [3.05, 3.63) is 64.4 Å². The molecule has 2 aromatic rings. The highest BCUT2D eigenvalue weighted by atomic mass is 35.5. The number of aliphatic hydroxyl groups excluding tert-OH is 1. The Morgan fingerprint density at radius 3 is 2.50 bits per heavy atom. The Morgan fingerprint density at radius 2 is 1.78 bits per heavy atom. The van der Waals surface area contributed by atoms with Crippen LogP contribution in [0, 0.1) is 5.82 Å². The van der Waals surface area contributed by atoms with Gasteiger partial charge in [-0.25, -0.2) is 4.39 Å². The van der Waals surface area contributed by atoms with Crippen molar-refractivity contribution < 1.29 is 14.2 Å². The van der Waals surface area contributed by atoms with Crippen LogP contribution >= 0.6 is 11.6 Å². The second-order valence-electron chi connectivity index (χ2n) is 3.79. The van der Waals surface area contributed by atoms with E-state index < -0.39 is 11.9 Å². The SMILES string of the molecule is COc1ccccc1C(O)c1cccc(Cl)c1F. The van der Waals surface area contributed by atoms with Gasteiger partial charge in [-0.05, 0) is 12.1 Å². The molecule has 1 unspecified atom stereocenters. The van der Waals surface area contributed by atoms with Gasteiger partial charge in [-0.15, -0.1) is 0 Å². The molecule has 2 nitrogen and oxygen atoms in total. The molecular weight excluding hydrogens is 255 g/mol. The van der Waals surface area contributed by atoms with Crippen LogP contribution in [0.3, 0.4) is 0 Å². The first-order valence-electron chi connectivity index (χ1n) is 5.40. The second kappa shape index (κ2) is 5.38. The van der Waals surface area contributed by atoms with Gasteiger partial charge in [0.15, 0.2) is 0 Å². The van der Waals surface area contributed by atoms with Crippen molar-refractivity contribution in [1.82, 2.24) is 0 Å². The van der Waals surface area contributed by atoms with Gasteiger partial charge in [0, 0.05) is 11.1 Å². The maximum absolute atomic E-state index is 13.8. The smallest absolute Gasteiger partial charge is 0.147 e. The van der Waals surface area contributed by atoms with Gasteiger partial charge in [0.05, 0.1) is 12.1 Å². The molecule has 0 amide bonds. The molecular formula is C14H12ClFO2. The van der Waals surface area contributed by atoms with E-state index in [1.807, 2.05) is 0 Å². The van der Waals surface area contributed by atoms with Crippen LogP contribution in [0.15, 0.2) is 42.5 Å². The molecule has 4 heteroatoms. The molecule has 0 aromatic heterocycles. The highest BCUT2D eigenvalue weighted by molar-refractivity contribution is 6.30. The number of benzene rings is 2. The van der Waals surface area contributed by atoms with Gasteiger partial charge in [-0.3, -0.25) is 0 Å². The molecule has 0 saturated heterocycles. The van der Waals surface area contributed by atoms with Crippen LogP contribution < -0.4 is 4.74 Å². The highest BCUT2D eigenvalue weighted by Gasteiger charge is 2.19. The zero-order valence-electron chi connectivity index (χ0n) is 9.73. The fourth-order valence-corrected chi connectivity index (χ4v) is 1.97. The normalized spacial score (nSPS) is 12.2. The second-order valence-corrected chi connectivity index (χ2v) is 4.19. The summed E-state index contributed by atoms with van der Waals surface area (Å²) >= 11 is 5.70. The van der Waals surface area contributed by atoms with E-state index >= 15 is 0 Å². The first-order chi connectivity index (χ1) is 8.65. The van der Waals surface area contributed by atoms with Gasteiger partial charge in [0.25, 0.3) is 0 Å². The summed E-state index contributed by atoms with van der Waals surface area (Å²) in [5.74, 6) is -0.109. The first kappa shape index (κ1) is 12.9. The Kier molecular flexibility index (Phi) is 3.84. The lowest BCUT2D eigenvalue weighted by atomic mass is 10.0. The summed E-state index contributed by atoms with van der Waals surface area (Å²) < 4.78 is 19.0. The van der Waals surface area contributed by atoms with Gasteiger partial charge < -0.3 is 9.84 Å². The minimum absolute atomic E-state index is 0.0125. The Bertz CT molecular complexity index is 557. The van der Waals surface area contributed by atoms with E-state index in [1.165, 1.54) is 19.2 Å². The van der Waals surface area contributed by atoms with E-state index in [9.17, 15) is 9.50 Å². The number of methoxy groups -OCH3 is 1. The van der Waals surface area contributed by atoms with Crippen LogP contribution in [-0.4, -0.2) is 12.2 Å². The molecule has 0 aliphatic carbocycles. The van der Waals surface area contributed by atoms with Crippen LogP contribution in [0.5, 0.6) is 5.75 Å². The van der Waals surface area contributed by atoms with E-state index in [0.717, 1.165) is 0 Å². The molecule has 0 radical (unpaired) electrons. The van der Waals surface area contributed by atoms with Crippen molar-refractivity contribution in [1.29, 1.82) is 0 Å². The number of halogens is 2. The fraction of sp³-hybridized carbons (Fsp3) is 0.143. The number of hydrogen-bond acceptors (Lipinski definition) is 2. The third-order valence-electron chi connectivity index (χ3n) is 2.71. The molecule has 1 atom stereocenters. The van der Waals surface area contributed by atoms with Gasteiger partial charge in [0.1, 0.15) is 17.7 Å².